The Morgan fingerprint density at radius 1 is 0.583 bits per heavy atom. The van der Waals surface area contributed by atoms with Crippen LogP contribution in [0.3, 0.4) is 0 Å². The predicted octanol–water partition coefficient (Wildman–Crippen LogP) is 6.74. The number of anilines is 2. The zero-order chi connectivity index (χ0) is 25.0. The van der Waals surface area contributed by atoms with Crippen LogP contribution in [0.15, 0.2) is 117 Å². The maximum atomic E-state index is 12.2. The highest BCUT2D eigenvalue weighted by molar-refractivity contribution is 8.76. The lowest BCUT2D eigenvalue weighted by Gasteiger charge is -2.07. The molecule has 0 saturated heterocycles. The van der Waals surface area contributed by atoms with Gasteiger partial charge in [-0.3, -0.25) is 9.59 Å². The van der Waals surface area contributed by atoms with Gasteiger partial charge in [0.1, 0.15) is 0 Å². The molecule has 0 unspecified atom stereocenters. The van der Waals surface area contributed by atoms with Gasteiger partial charge < -0.3 is 10.6 Å². The van der Waals surface area contributed by atoms with Crippen molar-refractivity contribution < 1.29 is 9.59 Å². The Kier molecular flexibility index (Phi) is 10.2. The van der Waals surface area contributed by atoms with Crippen molar-refractivity contribution in [2.75, 3.05) is 22.1 Å². The number of carbonyl (C=O) groups excluding carboxylic acids is 2. The average Bonchev–Trinajstić information content (AvgIpc) is 2.92. The highest BCUT2D eigenvalue weighted by Gasteiger charge is 2.07. The first-order chi connectivity index (χ1) is 17.6. The zero-order valence-electron chi connectivity index (χ0n) is 19.0. The largest absolute Gasteiger partial charge is 0.325 e. The lowest BCUT2D eigenvalue weighted by atomic mass is 10.3. The molecule has 6 nitrogen and oxygen atoms in total. The highest BCUT2D eigenvalue weighted by atomic mass is 33.1. The normalized spacial score (nSPS) is 10.6. The number of benzene rings is 2. The molecule has 2 aromatic carbocycles. The minimum atomic E-state index is -0.0667. The van der Waals surface area contributed by atoms with E-state index in [4.69, 9.17) is 0 Å². The van der Waals surface area contributed by atoms with Crippen molar-refractivity contribution in [1.82, 2.24) is 9.97 Å². The van der Waals surface area contributed by atoms with Crippen LogP contribution in [0.25, 0.3) is 0 Å². The molecule has 0 aliphatic carbocycles. The minimum Gasteiger partial charge on any atom is -0.325 e. The van der Waals surface area contributed by atoms with Crippen LogP contribution in [-0.4, -0.2) is 33.3 Å². The third kappa shape index (κ3) is 8.94. The van der Waals surface area contributed by atoms with Gasteiger partial charge in [0.2, 0.25) is 11.8 Å². The van der Waals surface area contributed by atoms with Gasteiger partial charge >= 0.3 is 0 Å². The molecule has 0 fully saturated rings. The molecule has 0 bridgehead atoms. The number of hydrogen-bond donors (Lipinski definition) is 2. The lowest BCUT2D eigenvalue weighted by Crippen LogP contribution is -2.13. The minimum absolute atomic E-state index is 0.0667. The quantitative estimate of drug-likeness (QED) is 0.157. The Bertz CT molecular complexity index is 1160. The van der Waals surface area contributed by atoms with E-state index in [0.29, 0.717) is 11.5 Å². The smallest absolute Gasteiger partial charge is 0.234 e. The Morgan fingerprint density at radius 3 is 1.36 bits per heavy atom. The molecule has 36 heavy (non-hydrogen) atoms. The first kappa shape index (κ1) is 26.2. The molecule has 2 amide bonds. The van der Waals surface area contributed by atoms with Crippen LogP contribution >= 0.6 is 45.1 Å². The first-order valence-electron chi connectivity index (χ1n) is 10.9. The van der Waals surface area contributed by atoms with Crippen LogP contribution in [0, 0.1) is 0 Å². The summed E-state index contributed by atoms with van der Waals surface area (Å²) >= 11 is 2.81. The first-order valence-corrected chi connectivity index (χ1v) is 15.0. The molecule has 2 aromatic heterocycles. The molecule has 0 atom stereocenters. The summed E-state index contributed by atoms with van der Waals surface area (Å²) in [7, 11) is 3.26. The second-order valence-corrected chi connectivity index (χ2v) is 11.5. The molecule has 0 aliphatic heterocycles. The van der Waals surface area contributed by atoms with Gasteiger partial charge in [-0.25, -0.2) is 9.97 Å². The van der Waals surface area contributed by atoms with E-state index in [0.717, 1.165) is 31.2 Å². The van der Waals surface area contributed by atoms with Crippen molar-refractivity contribution in [3.8, 4) is 0 Å². The van der Waals surface area contributed by atoms with Gasteiger partial charge in [-0.2, -0.15) is 0 Å². The number of thioether (sulfide) groups is 2. The van der Waals surface area contributed by atoms with Gasteiger partial charge in [-0.15, -0.1) is 0 Å². The number of aromatic nitrogens is 2. The van der Waals surface area contributed by atoms with Crippen molar-refractivity contribution in [1.29, 1.82) is 0 Å². The lowest BCUT2D eigenvalue weighted by molar-refractivity contribution is -0.114. The number of amides is 2. The fourth-order valence-corrected chi connectivity index (χ4v) is 6.08. The van der Waals surface area contributed by atoms with Crippen LogP contribution in [-0.2, 0) is 9.59 Å². The van der Waals surface area contributed by atoms with Crippen molar-refractivity contribution >= 4 is 68.3 Å². The maximum absolute atomic E-state index is 12.2. The molecule has 0 spiro atoms. The molecule has 0 saturated carbocycles. The number of carbonyl (C=O) groups is 2. The van der Waals surface area contributed by atoms with Gasteiger partial charge in [-0.05, 0) is 72.8 Å². The van der Waals surface area contributed by atoms with Gasteiger partial charge in [0, 0.05) is 33.6 Å². The summed E-state index contributed by atoms with van der Waals surface area (Å²) in [6, 6.07) is 26.8. The second kappa shape index (κ2) is 14.0. The zero-order valence-corrected chi connectivity index (χ0v) is 22.3. The number of hydrogen-bond acceptors (Lipinski definition) is 8. The van der Waals surface area contributed by atoms with Gasteiger partial charge in [0.15, 0.2) is 0 Å². The van der Waals surface area contributed by atoms with E-state index in [-0.39, 0.29) is 11.8 Å². The van der Waals surface area contributed by atoms with Gasteiger partial charge in [0.25, 0.3) is 0 Å². The van der Waals surface area contributed by atoms with Crippen LogP contribution in [0.5, 0.6) is 0 Å². The van der Waals surface area contributed by atoms with E-state index < -0.39 is 0 Å². The van der Waals surface area contributed by atoms with E-state index in [9.17, 15) is 9.59 Å². The number of nitrogens with zero attached hydrogens (tertiary/aromatic N) is 2. The topological polar surface area (TPSA) is 84.0 Å². The maximum Gasteiger partial charge on any atom is 0.234 e. The summed E-state index contributed by atoms with van der Waals surface area (Å²) in [6.45, 7) is 0. The second-order valence-electron chi connectivity index (χ2n) is 7.23. The molecular weight excluding hydrogens is 529 g/mol. The van der Waals surface area contributed by atoms with Crippen molar-refractivity contribution in [3.63, 3.8) is 0 Å². The summed E-state index contributed by atoms with van der Waals surface area (Å²) in [6.07, 6.45) is 3.43. The van der Waals surface area contributed by atoms with Crippen LogP contribution in [0.4, 0.5) is 11.4 Å². The standard InChI is InChI=1S/C26H22N4O2S4/c31-23(17-33-25-5-1-3-15-27-25)29-19-7-11-21(12-8-19)35-36-22-13-9-20(10-14-22)30-24(32)18-34-26-6-2-4-16-28-26/h1-16H,17-18H2,(H,29,31)(H,30,32). The molecule has 4 aromatic rings. The molecular formula is C26H22N4O2S4. The van der Waals surface area contributed by atoms with Crippen molar-refractivity contribution in [2.24, 2.45) is 0 Å². The Hall–Kier alpha value is -2.92. The average molecular weight is 551 g/mol. The van der Waals surface area contributed by atoms with E-state index in [2.05, 4.69) is 20.6 Å². The molecule has 2 N–H and O–H groups in total. The highest BCUT2D eigenvalue weighted by Crippen LogP contribution is 2.38. The molecule has 2 heterocycles. The monoisotopic (exact) mass is 550 g/mol. The summed E-state index contributed by atoms with van der Waals surface area (Å²) in [5.74, 6) is 0.483. The summed E-state index contributed by atoms with van der Waals surface area (Å²) in [5.41, 5.74) is 1.52. The molecule has 4 rings (SSSR count). The predicted molar refractivity (Wildman–Crippen MR) is 152 cm³/mol. The number of pyridine rings is 2. The molecule has 0 aliphatic rings. The summed E-state index contributed by atoms with van der Waals surface area (Å²) < 4.78 is 0. The van der Waals surface area contributed by atoms with Gasteiger partial charge in [0.05, 0.1) is 21.6 Å². The van der Waals surface area contributed by atoms with E-state index in [1.165, 1.54) is 23.5 Å². The fraction of sp³-hybridized carbons (Fsp3) is 0.0769. The Balaban J connectivity index is 1.17. The summed E-state index contributed by atoms with van der Waals surface area (Å²) in [4.78, 5) is 34.9. The van der Waals surface area contributed by atoms with E-state index in [1.807, 2.05) is 84.9 Å². The van der Waals surface area contributed by atoms with Crippen LogP contribution in [0.1, 0.15) is 0 Å². The Morgan fingerprint density at radius 2 is 1.00 bits per heavy atom. The third-order valence-corrected chi connectivity index (χ3v) is 8.79. The van der Waals surface area contributed by atoms with Gasteiger partial charge in [-0.1, -0.05) is 57.2 Å². The number of rotatable bonds is 11. The molecule has 0 radical (unpaired) electrons. The van der Waals surface area contributed by atoms with Crippen molar-refractivity contribution in [2.45, 2.75) is 19.8 Å². The molecule has 10 heteroatoms. The van der Waals surface area contributed by atoms with E-state index in [1.54, 1.807) is 34.0 Å². The van der Waals surface area contributed by atoms with E-state index >= 15 is 0 Å². The number of nitrogens with one attached hydrogen (secondary N) is 2. The fourth-order valence-electron chi connectivity index (χ4n) is 2.82. The SMILES string of the molecule is O=C(CSc1ccccn1)Nc1ccc(SSc2ccc(NC(=O)CSc3ccccn3)cc2)cc1. The van der Waals surface area contributed by atoms with Crippen molar-refractivity contribution in [3.05, 3.63) is 97.3 Å². The molecule has 182 valence electrons. The van der Waals surface area contributed by atoms with Crippen LogP contribution in [0.2, 0.25) is 0 Å². The third-order valence-electron chi connectivity index (χ3n) is 4.49. The Labute approximate surface area is 226 Å². The van der Waals surface area contributed by atoms with Crippen LogP contribution < -0.4 is 10.6 Å². The summed E-state index contributed by atoms with van der Waals surface area (Å²) in [5, 5.41) is 7.47.